The lowest BCUT2D eigenvalue weighted by Gasteiger charge is -2.18. The highest BCUT2D eigenvalue weighted by Gasteiger charge is 2.20. The van der Waals surface area contributed by atoms with Crippen LogP contribution in [0.1, 0.15) is 0 Å². The van der Waals surface area contributed by atoms with Gasteiger partial charge in [-0.1, -0.05) is 164 Å². The summed E-state index contributed by atoms with van der Waals surface area (Å²) in [5.41, 5.74) is 11.6. The summed E-state index contributed by atoms with van der Waals surface area (Å²) in [6, 6.07) is 65.7. The molecule has 0 aliphatic carbocycles. The second-order valence-electron chi connectivity index (χ2n) is 12.8. The average Bonchev–Trinajstić information content (AvgIpc) is 3.56. The molecule has 0 amide bonds. The van der Waals surface area contributed by atoms with Crippen LogP contribution in [-0.4, -0.2) is 0 Å². The van der Waals surface area contributed by atoms with Crippen LogP contribution in [0, 0.1) is 0 Å². The van der Waals surface area contributed by atoms with E-state index in [2.05, 4.69) is 182 Å². The van der Waals surface area contributed by atoms with Gasteiger partial charge in [-0.05, 0) is 95.0 Å². The van der Waals surface area contributed by atoms with E-state index in [0.717, 1.165) is 21.9 Å². The first-order valence-electron chi connectivity index (χ1n) is 16.8. The van der Waals surface area contributed by atoms with Crippen molar-refractivity contribution in [3.63, 3.8) is 0 Å². The SMILES string of the molecule is c1ccc(-c2ccc3oc4cccc(-c5c6ccccc6c(-c6ccc(-c7cccc8ccccc78)cc6)c6ccccc56)c4c3c2)cc1. The Balaban J connectivity index is 1.21. The van der Waals surface area contributed by atoms with Crippen LogP contribution in [0.5, 0.6) is 0 Å². The Morgan fingerprint density at radius 2 is 0.837 bits per heavy atom. The number of rotatable bonds is 4. The van der Waals surface area contributed by atoms with Gasteiger partial charge in [0, 0.05) is 10.8 Å². The largest absolute Gasteiger partial charge is 0.456 e. The molecule has 0 aliphatic rings. The van der Waals surface area contributed by atoms with Gasteiger partial charge in [-0.25, -0.2) is 0 Å². The van der Waals surface area contributed by atoms with Gasteiger partial charge in [0.05, 0.1) is 0 Å². The fourth-order valence-corrected chi connectivity index (χ4v) is 7.87. The van der Waals surface area contributed by atoms with E-state index in [9.17, 15) is 0 Å². The van der Waals surface area contributed by atoms with Gasteiger partial charge in [0.1, 0.15) is 11.2 Å². The van der Waals surface area contributed by atoms with Gasteiger partial charge in [0.2, 0.25) is 0 Å². The van der Waals surface area contributed by atoms with Gasteiger partial charge in [-0.15, -0.1) is 0 Å². The summed E-state index contributed by atoms with van der Waals surface area (Å²) in [5.74, 6) is 0. The van der Waals surface area contributed by atoms with Gasteiger partial charge in [-0.3, -0.25) is 0 Å². The number of hydrogen-bond donors (Lipinski definition) is 0. The third kappa shape index (κ3) is 4.40. The zero-order valence-electron chi connectivity index (χ0n) is 26.7. The summed E-state index contributed by atoms with van der Waals surface area (Å²) < 4.78 is 6.50. The van der Waals surface area contributed by atoms with Crippen LogP contribution in [0.2, 0.25) is 0 Å². The first kappa shape index (κ1) is 27.7. The molecule has 10 aromatic rings. The fourth-order valence-electron chi connectivity index (χ4n) is 7.87. The van der Waals surface area contributed by atoms with E-state index in [4.69, 9.17) is 4.42 Å². The zero-order valence-corrected chi connectivity index (χ0v) is 26.7. The first-order valence-corrected chi connectivity index (χ1v) is 16.8. The topological polar surface area (TPSA) is 13.1 Å². The van der Waals surface area contributed by atoms with E-state index in [1.807, 2.05) is 0 Å². The van der Waals surface area contributed by atoms with Crippen LogP contribution >= 0.6 is 0 Å². The molecular weight excluding hydrogens is 593 g/mol. The molecule has 49 heavy (non-hydrogen) atoms. The summed E-state index contributed by atoms with van der Waals surface area (Å²) in [7, 11) is 0. The van der Waals surface area contributed by atoms with E-state index in [0.29, 0.717) is 0 Å². The lowest BCUT2D eigenvalue weighted by molar-refractivity contribution is 0.669. The summed E-state index contributed by atoms with van der Waals surface area (Å²) in [5, 5.41) is 9.76. The van der Waals surface area contributed by atoms with Crippen molar-refractivity contribution >= 4 is 54.3 Å². The molecular formula is C48H30O. The Morgan fingerprint density at radius 3 is 1.57 bits per heavy atom. The van der Waals surface area contributed by atoms with Crippen LogP contribution in [0.4, 0.5) is 0 Å². The number of hydrogen-bond acceptors (Lipinski definition) is 1. The lowest BCUT2D eigenvalue weighted by atomic mass is 9.84. The third-order valence-corrected chi connectivity index (χ3v) is 10.1. The minimum atomic E-state index is 0.902. The average molecular weight is 623 g/mol. The molecule has 9 aromatic carbocycles. The van der Waals surface area contributed by atoms with Crippen LogP contribution in [0.15, 0.2) is 186 Å². The quantitative estimate of drug-likeness (QED) is 0.178. The van der Waals surface area contributed by atoms with Gasteiger partial charge in [0.15, 0.2) is 0 Å². The standard InChI is InChI=1S/C48H30O/c1-2-12-31(13-3-1)35-28-29-44-43(30-35)48-42(22-11-23-45(48)49-44)47-40-19-8-6-17-38(40)46(39-18-7-9-20-41(39)47)34-26-24-33(25-27-34)37-21-10-15-32-14-4-5-16-36(32)37/h1-30H. The first-order chi connectivity index (χ1) is 24.3. The van der Waals surface area contributed by atoms with Gasteiger partial charge in [0.25, 0.3) is 0 Å². The van der Waals surface area contributed by atoms with Crippen molar-refractivity contribution in [2.75, 3.05) is 0 Å². The molecule has 0 radical (unpaired) electrons. The van der Waals surface area contributed by atoms with Crippen LogP contribution in [0.25, 0.3) is 98.8 Å². The second-order valence-corrected chi connectivity index (χ2v) is 12.8. The van der Waals surface area contributed by atoms with E-state index >= 15 is 0 Å². The van der Waals surface area contributed by atoms with E-state index in [1.165, 1.54) is 76.8 Å². The highest BCUT2D eigenvalue weighted by Crippen LogP contribution is 2.47. The van der Waals surface area contributed by atoms with Gasteiger partial charge in [-0.2, -0.15) is 0 Å². The molecule has 0 unspecified atom stereocenters. The molecule has 10 rings (SSSR count). The molecule has 0 atom stereocenters. The van der Waals surface area contributed by atoms with Crippen molar-refractivity contribution in [2.24, 2.45) is 0 Å². The van der Waals surface area contributed by atoms with Crippen molar-refractivity contribution in [2.45, 2.75) is 0 Å². The molecule has 0 bridgehead atoms. The molecule has 0 saturated carbocycles. The van der Waals surface area contributed by atoms with Gasteiger partial charge >= 0.3 is 0 Å². The predicted octanol–water partition coefficient (Wildman–Crippen LogP) is 13.7. The molecule has 1 aromatic heterocycles. The van der Waals surface area contributed by atoms with E-state index in [1.54, 1.807) is 0 Å². The lowest BCUT2D eigenvalue weighted by Crippen LogP contribution is -1.91. The van der Waals surface area contributed by atoms with E-state index < -0.39 is 0 Å². The second kappa shape index (κ2) is 11.1. The maximum Gasteiger partial charge on any atom is 0.136 e. The maximum absolute atomic E-state index is 6.50. The molecule has 0 fully saturated rings. The molecule has 1 heteroatoms. The molecule has 0 N–H and O–H groups in total. The minimum Gasteiger partial charge on any atom is -0.456 e. The third-order valence-electron chi connectivity index (χ3n) is 10.1. The monoisotopic (exact) mass is 622 g/mol. The van der Waals surface area contributed by atoms with Crippen LogP contribution < -0.4 is 0 Å². The number of benzene rings is 9. The van der Waals surface area contributed by atoms with Gasteiger partial charge < -0.3 is 4.42 Å². The predicted molar refractivity (Wildman–Crippen MR) is 208 cm³/mol. The Labute approximate surface area is 284 Å². The van der Waals surface area contributed by atoms with Crippen molar-refractivity contribution < 1.29 is 4.42 Å². The van der Waals surface area contributed by atoms with Crippen molar-refractivity contribution in [1.29, 1.82) is 0 Å². The molecule has 228 valence electrons. The fraction of sp³-hybridized carbons (Fsp3) is 0. The smallest absolute Gasteiger partial charge is 0.136 e. The highest BCUT2D eigenvalue weighted by atomic mass is 16.3. The zero-order chi connectivity index (χ0) is 32.3. The minimum absolute atomic E-state index is 0.902. The van der Waals surface area contributed by atoms with E-state index in [-0.39, 0.29) is 0 Å². The number of furan rings is 1. The molecule has 0 spiro atoms. The highest BCUT2D eigenvalue weighted by molar-refractivity contribution is 6.25. The summed E-state index contributed by atoms with van der Waals surface area (Å²) in [6.07, 6.45) is 0. The molecule has 0 aliphatic heterocycles. The summed E-state index contributed by atoms with van der Waals surface area (Å²) >= 11 is 0. The van der Waals surface area contributed by atoms with Crippen molar-refractivity contribution in [3.8, 4) is 44.5 Å². The number of fused-ring (bicyclic) bond motifs is 6. The summed E-state index contributed by atoms with van der Waals surface area (Å²) in [4.78, 5) is 0. The molecule has 1 nitrogen and oxygen atoms in total. The van der Waals surface area contributed by atoms with Crippen molar-refractivity contribution in [3.05, 3.63) is 182 Å². The van der Waals surface area contributed by atoms with Crippen molar-refractivity contribution in [1.82, 2.24) is 0 Å². The normalized spacial score (nSPS) is 11.7. The maximum atomic E-state index is 6.50. The Kier molecular flexibility index (Phi) is 6.25. The van der Waals surface area contributed by atoms with Crippen LogP contribution in [0.3, 0.4) is 0 Å². The Bertz CT molecular complexity index is 2790. The molecule has 1 heterocycles. The molecule has 0 saturated heterocycles. The Morgan fingerprint density at radius 1 is 0.286 bits per heavy atom. The summed E-state index contributed by atoms with van der Waals surface area (Å²) in [6.45, 7) is 0. The Hall–Kier alpha value is -6.44. The van der Waals surface area contributed by atoms with Crippen LogP contribution in [-0.2, 0) is 0 Å².